The van der Waals surface area contributed by atoms with Gasteiger partial charge in [-0.3, -0.25) is 10.6 Å². The molecule has 3 rings (SSSR count). The minimum Gasteiger partial charge on any atom is -0.337 e. The van der Waals surface area contributed by atoms with E-state index in [-0.39, 0.29) is 5.91 Å². The normalized spacial score (nSPS) is 21.1. The number of carbonyl (C=O) groups is 1. The summed E-state index contributed by atoms with van der Waals surface area (Å²) in [6, 6.07) is 3.51. The van der Waals surface area contributed by atoms with E-state index in [0.717, 1.165) is 25.9 Å². The average molecular weight is 274 g/mol. The van der Waals surface area contributed by atoms with Crippen LogP contribution in [0.1, 0.15) is 49.0 Å². The highest BCUT2D eigenvalue weighted by Gasteiger charge is 2.38. The molecule has 1 aliphatic carbocycles. The number of carbonyl (C=O) groups excluding carboxylic acids is 1. The summed E-state index contributed by atoms with van der Waals surface area (Å²) in [5.41, 5.74) is 4.28. The second-order valence-corrected chi connectivity index (χ2v) is 6.08. The summed E-state index contributed by atoms with van der Waals surface area (Å²) < 4.78 is 0. The molecule has 1 aliphatic heterocycles. The van der Waals surface area contributed by atoms with E-state index in [2.05, 4.69) is 10.4 Å². The number of nitrogens with zero attached hydrogens (tertiary/aromatic N) is 2. The summed E-state index contributed by atoms with van der Waals surface area (Å²) in [5.74, 6) is 5.34. The van der Waals surface area contributed by atoms with Crippen molar-refractivity contribution >= 4 is 11.6 Å². The summed E-state index contributed by atoms with van der Waals surface area (Å²) in [5, 5.41) is 0. The predicted octanol–water partition coefficient (Wildman–Crippen LogP) is 2.16. The van der Waals surface area contributed by atoms with Crippen LogP contribution in [0.2, 0.25) is 0 Å². The lowest BCUT2D eigenvalue weighted by atomic mass is 9.77. The Labute approximate surface area is 119 Å². The number of nitrogens with two attached hydrogens (primary N) is 1. The summed E-state index contributed by atoms with van der Waals surface area (Å²) >= 11 is 0. The highest BCUT2D eigenvalue weighted by atomic mass is 16.2. The van der Waals surface area contributed by atoms with Gasteiger partial charge in [0.2, 0.25) is 0 Å². The Morgan fingerprint density at radius 2 is 1.90 bits per heavy atom. The minimum atomic E-state index is 0.0430. The number of amides is 1. The monoisotopic (exact) mass is 274 g/mol. The molecule has 3 N–H and O–H groups in total. The fraction of sp³-hybridized carbons (Fsp3) is 0.600. The molecular weight excluding hydrogens is 252 g/mol. The highest BCUT2D eigenvalue weighted by molar-refractivity contribution is 5.92. The van der Waals surface area contributed by atoms with Gasteiger partial charge >= 0.3 is 0 Å². The molecule has 0 radical (unpaired) electrons. The lowest BCUT2D eigenvalue weighted by molar-refractivity contribution is 0.0582. The zero-order valence-corrected chi connectivity index (χ0v) is 11.8. The van der Waals surface area contributed by atoms with Gasteiger partial charge in [-0.1, -0.05) is 12.8 Å². The van der Waals surface area contributed by atoms with E-state index in [1.54, 1.807) is 18.3 Å². The van der Waals surface area contributed by atoms with E-state index >= 15 is 0 Å². The van der Waals surface area contributed by atoms with Crippen LogP contribution in [0.3, 0.4) is 0 Å². The molecule has 108 valence electrons. The van der Waals surface area contributed by atoms with Gasteiger partial charge in [0.1, 0.15) is 5.69 Å². The van der Waals surface area contributed by atoms with Crippen LogP contribution >= 0.6 is 0 Å². The molecular formula is C15H22N4O. The first kappa shape index (κ1) is 13.4. The number of likely N-dealkylation sites (tertiary alicyclic amines) is 1. The van der Waals surface area contributed by atoms with Gasteiger partial charge in [0.15, 0.2) is 0 Å². The Morgan fingerprint density at radius 3 is 2.45 bits per heavy atom. The number of nitrogens with one attached hydrogen (secondary N) is 1. The summed E-state index contributed by atoms with van der Waals surface area (Å²) in [4.78, 5) is 18.5. The molecule has 20 heavy (non-hydrogen) atoms. The molecule has 0 unspecified atom stereocenters. The first-order valence-corrected chi connectivity index (χ1v) is 7.44. The van der Waals surface area contributed by atoms with Crippen molar-refractivity contribution in [1.82, 2.24) is 9.88 Å². The van der Waals surface area contributed by atoms with Crippen molar-refractivity contribution in [2.75, 3.05) is 18.5 Å². The van der Waals surface area contributed by atoms with E-state index in [1.165, 1.54) is 25.7 Å². The SMILES string of the molecule is NNc1ccc(C(=O)N2CCC3(CCCC3)CC2)nc1. The van der Waals surface area contributed by atoms with E-state index in [9.17, 15) is 4.79 Å². The maximum absolute atomic E-state index is 12.4. The van der Waals surface area contributed by atoms with Gasteiger partial charge in [0.05, 0.1) is 11.9 Å². The maximum Gasteiger partial charge on any atom is 0.272 e. The molecule has 1 aromatic rings. The molecule has 2 fully saturated rings. The van der Waals surface area contributed by atoms with E-state index in [1.807, 2.05) is 4.90 Å². The van der Waals surface area contributed by atoms with Gasteiger partial charge in [-0.2, -0.15) is 0 Å². The second kappa shape index (κ2) is 5.40. The van der Waals surface area contributed by atoms with Gasteiger partial charge < -0.3 is 10.3 Å². The molecule has 1 amide bonds. The van der Waals surface area contributed by atoms with Crippen molar-refractivity contribution in [3.63, 3.8) is 0 Å². The Hall–Kier alpha value is -1.62. The van der Waals surface area contributed by atoms with E-state index in [4.69, 9.17) is 5.84 Å². The number of nitrogen functional groups attached to an aromatic ring is 1. The zero-order valence-electron chi connectivity index (χ0n) is 11.8. The molecule has 1 spiro atoms. The number of hydrogen-bond acceptors (Lipinski definition) is 4. The van der Waals surface area contributed by atoms with Crippen LogP contribution in [-0.4, -0.2) is 28.9 Å². The number of rotatable bonds is 2. The van der Waals surface area contributed by atoms with Crippen molar-refractivity contribution in [2.45, 2.75) is 38.5 Å². The maximum atomic E-state index is 12.4. The average Bonchev–Trinajstić information content (AvgIpc) is 2.96. The summed E-state index contributed by atoms with van der Waals surface area (Å²) in [7, 11) is 0. The highest BCUT2D eigenvalue weighted by Crippen LogP contribution is 2.46. The van der Waals surface area contributed by atoms with Gasteiger partial charge in [-0.05, 0) is 43.2 Å². The Kier molecular flexibility index (Phi) is 3.61. The molecule has 0 atom stereocenters. The molecule has 5 nitrogen and oxygen atoms in total. The zero-order chi connectivity index (χ0) is 14.0. The molecule has 5 heteroatoms. The van der Waals surface area contributed by atoms with Crippen molar-refractivity contribution < 1.29 is 4.79 Å². The van der Waals surface area contributed by atoms with Crippen molar-refractivity contribution in [3.05, 3.63) is 24.0 Å². The van der Waals surface area contributed by atoms with Crippen LogP contribution in [0.25, 0.3) is 0 Å². The third kappa shape index (κ3) is 2.50. The predicted molar refractivity (Wildman–Crippen MR) is 78.1 cm³/mol. The molecule has 2 aliphatic rings. The Morgan fingerprint density at radius 1 is 1.20 bits per heavy atom. The molecule has 0 aromatic carbocycles. The van der Waals surface area contributed by atoms with Crippen LogP contribution in [0, 0.1) is 5.41 Å². The molecule has 1 saturated carbocycles. The molecule has 2 heterocycles. The number of aromatic nitrogens is 1. The fourth-order valence-electron chi connectivity index (χ4n) is 3.58. The van der Waals surface area contributed by atoms with Gasteiger partial charge in [-0.25, -0.2) is 4.98 Å². The third-order valence-electron chi connectivity index (χ3n) is 4.92. The van der Waals surface area contributed by atoms with Crippen molar-refractivity contribution in [1.29, 1.82) is 0 Å². The van der Waals surface area contributed by atoms with Crippen LogP contribution < -0.4 is 11.3 Å². The first-order chi connectivity index (χ1) is 9.72. The van der Waals surface area contributed by atoms with Crippen molar-refractivity contribution in [3.8, 4) is 0 Å². The minimum absolute atomic E-state index is 0.0430. The van der Waals surface area contributed by atoms with Crippen LogP contribution in [0.15, 0.2) is 18.3 Å². The van der Waals surface area contributed by atoms with Gasteiger partial charge in [0, 0.05) is 13.1 Å². The Balaban J connectivity index is 1.63. The van der Waals surface area contributed by atoms with Crippen molar-refractivity contribution in [2.24, 2.45) is 11.3 Å². The smallest absolute Gasteiger partial charge is 0.272 e. The summed E-state index contributed by atoms with van der Waals surface area (Å²) in [6.07, 6.45) is 9.33. The number of anilines is 1. The topological polar surface area (TPSA) is 71.2 Å². The van der Waals surface area contributed by atoms with Gasteiger partial charge in [-0.15, -0.1) is 0 Å². The quantitative estimate of drug-likeness (QED) is 0.640. The fourth-order valence-corrected chi connectivity index (χ4v) is 3.58. The number of hydrogen-bond donors (Lipinski definition) is 2. The molecule has 1 saturated heterocycles. The summed E-state index contributed by atoms with van der Waals surface area (Å²) in [6.45, 7) is 1.74. The third-order valence-corrected chi connectivity index (χ3v) is 4.92. The number of pyridine rings is 1. The first-order valence-electron chi connectivity index (χ1n) is 7.44. The van der Waals surface area contributed by atoms with Gasteiger partial charge in [0.25, 0.3) is 5.91 Å². The molecule has 1 aromatic heterocycles. The van der Waals surface area contributed by atoms with E-state index < -0.39 is 0 Å². The second-order valence-electron chi connectivity index (χ2n) is 6.08. The largest absolute Gasteiger partial charge is 0.337 e. The van der Waals surface area contributed by atoms with E-state index in [0.29, 0.717) is 16.8 Å². The number of piperidine rings is 1. The van der Waals surface area contributed by atoms with Crippen LogP contribution in [-0.2, 0) is 0 Å². The molecule has 0 bridgehead atoms. The standard InChI is InChI=1S/C15H22N4O/c16-18-12-3-4-13(17-11-12)14(20)19-9-7-15(8-10-19)5-1-2-6-15/h3-4,11,18H,1-2,5-10,16H2. The number of hydrazine groups is 1. The van der Waals surface area contributed by atoms with Crippen LogP contribution in [0.5, 0.6) is 0 Å². The van der Waals surface area contributed by atoms with Crippen LogP contribution in [0.4, 0.5) is 5.69 Å². The lowest BCUT2D eigenvalue weighted by Gasteiger charge is -2.39. The Bertz CT molecular complexity index is 469. The lowest BCUT2D eigenvalue weighted by Crippen LogP contribution is -2.42.